The fourth-order valence-electron chi connectivity index (χ4n) is 3.81. The zero-order valence-corrected chi connectivity index (χ0v) is 22.8. The predicted octanol–water partition coefficient (Wildman–Crippen LogP) is 2.54. The number of aromatic amines is 1. The molecule has 40 heavy (non-hydrogen) atoms. The summed E-state index contributed by atoms with van der Waals surface area (Å²) in [6, 6.07) is 11.2. The van der Waals surface area contributed by atoms with E-state index in [0.29, 0.717) is 41.1 Å². The average Bonchev–Trinajstić information content (AvgIpc) is 3.59. The van der Waals surface area contributed by atoms with Gasteiger partial charge in [0.25, 0.3) is 0 Å². The molecule has 1 fully saturated rings. The van der Waals surface area contributed by atoms with E-state index in [4.69, 9.17) is 14.8 Å². The van der Waals surface area contributed by atoms with Crippen molar-refractivity contribution in [2.24, 2.45) is 5.92 Å². The molecule has 2 amide bonds. The van der Waals surface area contributed by atoms with Crippen molar-refractivity contribution in [1.82, 2.24) is 30.1 Å². The highest BCUT2D eigenvalue weighted by molar-refractivity contribution is 7.99. The van der Waals surface area contributed by atoms with E-state index < -0.39 is 0 Å². The Morgan fingerprint density at radius 3 is 2.70 bits per heavy atom. The normalized spacial score (nSPS) is 12.9. The second-order valence-electron chi connectivity index (χ2n) is 9.31. The zero-order valence-electron chi connectivity index (χ0n) is 21.9. The lowest BCUT2D eigenvalue weighted by molar-refractivity contribution is -0.117. The highest BCUT2D eigenvalue weighted by Crippen LogP contribution is 2.32. The Bertz CT molecular complexity index is 1470. The van der Waals surface area contributed by atoms with E-state index in [-0.39, 0.29) is 37.5 Å². The van der Waals surface area contributed by atoms with E-state index in [0.717, 1.165) is 29.1 Å². The molecule has 0 saturated heterocycles. The first kappa shape index (κ1) is 27.6. The lowest BCUT2D eigenvalue weighted by atomic mass is 10.3. The van der Waals surface area contributed by atoms with Crippen LogP contribution in [0.15, 0.2) is 52.6 Å². The van der Waals surface area contributed by atoms with Gasteiger partial charge in [0.1, 0.15) is 5.52 Å². The van der Waals surface area contributed by atoms with Crippen LogP contribution in [-0.4, -0.2) is 74.6 Å². The van der Waals surface area contributed by atoms with E-state index in [1.54, 1.807) is 16.8 Å². The molecular weight excluding hydrogens is 534 g/mol. The van der Waals surface area contributed by atoms with Crippen molar-refractivity contribution >= 4 is 52.1 Å². The summed E-state index contributed by atoms with van der Waals surface area (Å²) in [5.41, 5.74) is 2.88. The first-order valence-corrected chi connectivity index (χ1v) is 13.8. The summed E-state index contributed by atoms with van der Waals surface area (Å²) < 4.78 is 6.84. The number of fused-ring (bicyclic) bond motifs is 1. The molecule has 0 atom stereocenters. The second-order valence-corrected chi connectivity index (χ2v) is 10.4. The first-order valence-electron chi connectivity index (χ1n) is 12.9. The minimum atomic E-state index is -0.216. The fourth-order valence-corrected chi connectivity index (χ4v) is 4.55. The molecule has 13 nitrogen and oxygen atoms in total. The molecule has 1 saturated carbocycles. The molecule has 0 radical (unpaired) electrons. The number of nitrogens with one attached hydrogen (secondary N) is 5. The van der Waals surface area contributed by atoms with E-state index in [1.807, 2.05) is 37.3 Å². The molecule has 0 aliphatic heterocycles. The summed E-state index contributed by atoms with van der Waals surface area (Å²) in [5.74, 6) is 1.12. The van der Waals surface area contributed by atoms with Crippen LogP contribution in [-0.2, 0) is 14.3 Å². The van der Waals surface area contributed by atoms with Crippen molar-refractivity contribution in [3.8, 4) is 0 Å². The van der Waals surface area contributed by atoms with Gasteiger partial charge in [-0.2, -0.15) is 5.10 Å². The molecule has 5 rings (SSSR count). The fraction of sp³-hybridized carbons (Fsp3) is 0.346. The number of aliphatic hydroxyl groups excluding tert-OH is 1. The summed E-state index contributed by atoms with van der Waals surface area (Å²) in [6.45, 7) is 3.14. The van der Waals surface area contributed by atoms with Crippen LogP contribution in [0.4, 0.5) is 23.0 Å². The summed E-state index contributed by atoms with van der Waals surface area (Å²) in [5, 5.41) is 33.1. The second kappa shape index (κ2) is 12.9. The number of anilines is 4. The first-order chi connectivity index (χ1) is 19.5. The van der Waals surface area contributed by atoms with Crippen molar-refractivity contribution in [2.75, 3.05) is 48.9 Å². The number of aromatic nitrogens is 5. The summed E-state index contributed by atoms with van der Waals surface area (Å²) >= 11 is 1.37. The number of amides is 2. The van der Waals surface area contributed by atoms with Gasteiger partial charge in [0.15, 0.2) is 11.6 Å². The number of nitrogens with zero attached hydrogens (tertiary/aromatic N) is 4. The number of benzene rings is 1. The molecule has 1 aliphatic rings. The number of rotatable bonds is 14. The Kier molecular flexibility index (Phi) is 8.91. The van der Waals surface area contributed by atoms with Gasteiger partial charge in [-0.05, 0) is 61.9 Å². The molecule has 3 aromatic heterocycles. The van der Waals surface area contributed by atoms with Gasteiger partial charge < -0.3 is 31.1 Å². The molecule has 1 aliphatic carbocycles. The van der Waals surface area contributed by atoms with Crippen LogP contribution in [0.2, 0.25) is 0 Å². The molecule has 3 heterocycles. The molecule has 4 aromatic rings. The molecule has 6 N–H and O–H groups in total. The van der Waals surface area contributed by atoms with Gasteiger partial charge in [0.05, 0.1) is 38.2 Å². The number of hydrogen-bond acceptors (Lipinski definition) is 10. The minimum Gasteiger partial charge on any atom is -0.394 e. The minimum absolute atomic E-state index is 0.0331. The third-order valence-corrected chi connectivity index (χ3v) is 6.77. The van der Waals surface area contributed by atoms with Crippen molar-refractivity contribution in [3.63, 3.8) is 0 Å². The molecular formula is C26H31N9O4S. The SMILES string of the molecule is Cc1cc(Nc2nc(Sc3ccc(NC(=O)C4CC4)cc3)nn3cc(NC(=O)CNCCOCCO)cc23)n[nH]1. The number of aliphatic hydroxyl groups is 1. The van der Waals surface area contributed by atoms with Crippen LogP contribution in [0.3, 0.4) is 0 Å². The number of H-pyrrole nitrogens is 1. The average molecular weight is 566 g/mol. The summed E-state index contributed by atoms with van der Waals surface area (Å²) in [6.07, 6.45) is 3.63. The topological polar surface area (TPSA) is 171 Å². The van der Waals surface area contributed by atoms with Crippen molar-refractivity contribution in [1.29, 1.82) is 0 Å². The highest BCUT2D eigenvalue weighted by Gasteiger charge is 2.29. The number of hydrogen-bond donors (Lipinski definition) is 6. The Hall–Kier alpha value is -3.98. The maximum atomic E-state index is 12.4. The third kappa shape index (κ3) is 7.57. The van der Waals surface area contributed by atoms with E-state index >= 15 is 0 Å². The number of carbonyl (C=O) groups is 2. The Morgan fingerprint density at radius 2 is 1.98 bits per heavy atom. The van der Waals surface area contributed by atoms with Crippen LogP contribution in [0.25, 0.3) is 5.52 Å². The largest absolute Gasteiger partial charge is 0.394 e. The molecule has 14 heteroatoms. The Morgan fingerprint density at radius 1 is 1.15 bits per heavy atom. The molecule has 0 spiro atoms. The van der Waals surface area contributed by atoms with Gasteiger partial charge in [0.2, 0.25) is 17.0 Å². The number of aryl methyl sites for hydroxylation is 1. The van der Waals surface area contributed by atoms with E-state index in [9.17, 15) is 9.59 Å². The smallest absolute Gasteiger partial charge is 0.238 e. The quantitative estimate of drug-likeness (QED) is 0.125. The van der Waals surface area contributed by atoms with Gasteiger partial charge in [-0.25, -0.2) is 9.50 Å². The Labute approximate surface area is 234 Å². The van der Waals surface area contributed by atoms with Gasteiger partial charge in [-0.15, -0.1) is 5.10 Å². The van der Waals surface area contributed by atoms with Gasteiger partial charge in [-0.1, -0.05) is 0 Å². The van der Waals surface area contributed by atoms with E-state index in [2.05, 4.69) is 36.6 Å². The third-order valence-electron chi connectivity index (χ3n) is 5.90. The predicted molar refractivity (Wildman–Crippen MR) is 151 cm³/mol. The molecule has 210 valence electrons. The maximum absolute atomic E-state index is 12.4. The Balaban J connectivity index is 1.29. The molecule has 0 unspecified atom stereocenters. The lowest BCUT2D eigenvalue weighted by Gasteiger charge is -2.08. The van der Waals surface area contributed by atoms with Gasteiger partial charge in [0, 0.05) is 34.8 Å². The van der Waals surface area contributed by atoms with Crippen molar-refractivity contribution < 1.29 is 19.4 Å². The van der Waals surface area contributed by atoms with Crippen molar-refractivity contribution in [2.45, 2.75) is 29.8 Å². The van der Waals surface area contributed by atoms with E-state index in [1.165, 1.54) is 11.8 Å². The molecule has 0 bridgehead atoms. The number of carbonyl (C=O) groups excluding carboxylic acids is 2. The van der Waals surface area contributed by atoms with Crippen LogP contribution >= 0.6 is 11.8 Å². The van der Waals surface area contributed by atoms with Crippen LogP contribution in [0.1, 0.15) is 18.5 Å². The number of ether oxygens (including phenoxy) is 1. The highest BCUT2D eigenvalue weighted by atomic mass is 32.2. The van der Waals surface area contributed by atoms with Crippen molar-refractivity contribution in [3.05, 3.63) is 48.3 Å². The lowest BCUT2D eigenvalue weighted by Crippen LogP contribution is -2.30. The summed E-state index contributed by atoms with van der Waals surface area (Å²) in [4.78, 5) is 30.1. The van der Waals surface area contributed by atoms with Gasteiger partial charge in [-0.3, -0.25) is 14.7 Å². The van der Waals surface area contributed by atoms with Gasteiger partial charge >= 0.3 is 0 Å². The van der Waals surface area contributed by atoms with Crippen LogP contribution < -0.4 is 21.3 Å². The molecule has 1 aromatic carbocycles. The maximum Gasteiger partial charge on any atom is 0.238 e. The van der Waals surface area contributed by atoms with Crippen LogP contribution in [0, 0.1) is 12.8 Å². The summed E-state index contributed by atoms with van der Waals surface area (Å²) in [7, 11) is 0. The standard InChI is InChI=1S/C26H31N9O4S/c1-16-12-22(33-32-16)30-24-21-13-19(28-23(37)14-27-8-10-39-11-9-36)15-35(21)34-26(31-24)40-20-6-4-18(5-7-20)29-25(38)17-2-3-17/h4-7,12-13,15,17,27,36H,2-3,8-11,14H2,1H3,(H,28,37)(H,29,38)(H2,30,31,32,33,34). The van der Waals surface area contributed by atoms with Crippen LogP contribution in [0.5, 0.6) is 0 Å². The zero-order chi connectivity index (χ0) is 27.9. The monoisotopic (exact) mass is 565 g/mol.